The second-order valence-electron chi connectivity index (χ2n) is 7.54. The summed E-state index contributed by atoms with van der Waals surface area (Å²) in [5, 5.41) is 4.65. The highest BCUT2D eigenvalue weighted by Gasteiger charge is 2.45. The van der Waals surface area contributed by atoms with E-state index in [-0.39, 0.29) is 23.4 Å². The van der Waals surface area contributed by atoms with Crippen molar-refractivity contribution in [3.05, 3.63) is 17.5 Å². The number of rotatable bonds is 2. The number of amides is 1. The van der Waals surface area contributed by atoms with Gasteiger partial charge in [-0.3, -0.25) is 9.48 Å². The maximum absolute atomic E-state index is 12.4. The normalized spacial score (nSPS) is 27.3. The van der Waals surface area contributed by atoms with Crippen LogP contribution in [0.3, 0.4) is 0 Å². The molecule has 1 aromatic heterocycles. The second-order valence-corrected chi connectivity index (χ2v) is 7.54. The average Bonchev–Trinajstić information content (AvgIpc) is 3.13. The number of hydrogen-bond donors (Lipinski definition) is 1. The lowest BCUT2D eigenvalue weighted by molar-refractivity contribution is -0.138. The molecule has 1 saturated carbocycles. The third kappa shape index (κ3) is 2.59. The molecule has 2 aliphatic rings. The lowest BCUT2D eigenvalue weighted by Gasteiger charge is -2.40. The van der Waals surface area contributed by atoms with E-state index in [9.17, 15) is 4.79 Å². The zero-order chi connectivity index (χ0) is 15.4. The largest absolute Gasteiger partial charge is 0.331 e. The molecule has 2 N–H and O–H groups in total. The van der Waals surface area contributed by atoms with Crippen LogP contribution in [0.25, 0.3) is 0 Å². The molecule has 1 aromatic rings. The minimum absolute atomic E-state index is 0.00796. The zero-order valence-corrected chi connectivity index (χ0v) is 13.5. The van der Waals surface area contributed by atoms with Gasteiger partial charge >= 0.3 is 0 Å². The van der Waals surface area contributed by atoms with Crippen molar-refractivity contribution in [2.45, 2.75) is 70.0 Å². The van der Waals surface area contributed by atoms with Gasteiger partial charge in [0.2, 0.25) is 5.91 Å². The molecule has 1 aliphatic carbocycles. The summed E-state index contributed by atoms with van der Waals surface area (Å²) < 4.78 is 1.85. The summed E-state index contributed by atoms with van der Waals surface area (Å²) in [6, 6.07) is 0.386. The Balaban J connectivity index is 2.05. The molecule has 2 heterocycles. The summed E-state index contributed by atoms with van der Waals surface area (Å²) in [6.07, 6.45) is 5.63. The van der Waals surface area contributed by atoms with E-state index in [1.807, 2.05) is 11.7 Å². The van der Waals surface area contributed by atoms with Crippen LogP contribution < -0.4 is 5.73 Å². The number of piperidine rings is 1. The number of aromatic nitrogens is 2. The van der Waals surface area contributed by atoms with Crippen LogP contribution in [0.15, 0.2) is 6.20 Å². The number of hydrogen-bond acceptors (Lipinski definition) is 3. The molecule has 2 fully saturated rings. The van der Waals surface area contributed by atoms with E-state index in [1.54, 1.807) is 0 Å². The first-order chi connectivity index (χ1) is 9.79. The topological polar surface area (TPSA) is 64.2 Å². The minimum atomic E-state index is -0.0496. The zero-order valence-electron chi connectivity index (χ0n) is 13.5. The van der Waals surface area contributed by atoms with Gasteiger partial charge in [-0.2, -0.15) is 5.10 Å². The van der Waals surface area contributed by atoms with Crippen molar-refractivity contribution in [3.63, 3.8) is 0 Å². The summed E-state index contributed by atoms with van der Waals surface area (Å²) in [7, 11) is 1.94. The molecule has 0 bridgehead atoms. The van der Waals surface area contributed by atoms with Crippen LogP contribution in [0.2, 0.25) is 0 Å². The van der Waals surface area contributed by atoms with E-state index in [0.717, 1.165) is 30.5 Å². The molecule has 1 aliphatic heterocycles. The van der Waals surface area contributed by atoms with Gasteiger partial charge in [0.25, 0.3) is 0 Å². The maximum atomic E-state index is 12.4. The first kappa shape index (κ1) is 14.6. The van der Waals surface area contributed by atoms with Crippen molar-refractivity contribution in [1.82, 2.24) is 14.7 Å². The summed E-state index contributed by atoms with van der Waals surface area (Å²) in [5.74, 6) is 0.257. The molecule has 0 radical (unpaired) electrons. The molecule has 116 valence electrons. The smallest absolute Gasteiger partial charge is 0.223 e. The van der Waals surface area contributed by atoms with Crippen molar-refractivity contribution in [3.8, 4) is 0 Å². The number of nitrogens with two attached hydrogens (primary N) is 1. The van der Waals surface area contributed by atoms with E-state index < -0.39 is 0 Å². The summed E-state index contributed by atoms with van der Waals surface area (Å²) in [4.78, 5) is 14.5. The van der Waals surface area contributed by atoms with Gasteiger partial charge < -0.3 is 10.6 Å². The van der Waals surface area contributed by atoms with Gasteiger partial charge in [0.15, 0.2) is 0 Å². The Hall–Kier alpha value is -1.36. The van der Waals surface area contributed by atoms with Gasteiger partial charge in [-0.15, -0.1) is 0 Å². The highest BCUT2D eigenvalue weighted by Crippen LogP contribution is 2.42. The van der Waals surface area contributed by atoms with E-state index >= 15 is 0 Å². The van der Waals surface area contributed by atoms with Crippen LogP contribution in [0.1, 0.15) is 63.8 Å². The Bertz CT molecular complexity index is 553. The quantitative estimate of drug-likeness (QED) is 0.904. The van der Waals surface area contributed by atoms with Crippen molar-refractivity contribution in [1.29, 1.82) is 0 Å². The number of carbonyl (C=O) groups excluding carboxylic acids is 1. The molecular weight excluding hydrogens is 264 g/mol. The van der Waals surface area contributed by atoms with E-state index in [4.69, 9.17) is 5.73 Å². The third-order valence-electron chi connectivity index (χ3n) is 4.51. The fourth-order valence-electron chi connectivity index (χ4n) is 3.41. The van der Waals surface area contributed by atoms with E-state index in [0.29, 0.717) is 12.5 Å². The maximum Gasteiger partial charge on any atom is 0.223 e. The second kappa shape index (κ2) is 4.83. The van der Waals surface area contributed by atoms with Crippen LogP contribution >= 0.6 is 0 Å². The Morgan fingerprint density at radius 2 is 1.95 bits per heavy atom. The predicted octanol–water partition coefficient (Wildman–Crippen LogP) is 1.87. The minimum Gasteiger partial charge on any atom is -0.331 e. The fourth-order valence-corrected chi connectivity index (χ4v) is 3.41. The fraction of sp³-hybridized carbons (Fsp3) is 0.750. The SMILES string of the molecule is Cn1cc(C2C(N)CCC(=O)N2C2CC2)c(C(C)(C)C)n1. The highest BCUT2D eigenvalue weighted by atomic mass is 16.2. The Kier molecular flexibility index (Phi) is 3.35. The van der Waals surface area contributed by atoms with Gasteiger partial charge in [0.05, 0.1) is 11.7 Å². The number of likely N-dealkylation sites (tertiary alicyclic amines) is 1. The number of nitrogens with zero attached hydrogens (tertiary/aromatic N) is 3. The Morgan fingerprint density at radius 1 is 1.29 bits per heavy atom. The first-order valence-corrected chi connectivity index (χ1v) is 7.90. The van der Waals surface area contributed by atoms with E-state index in [2.05, 4.69) is 37.0 Å². The van der Waals surface area contributed by atoms with Crippen LogP contribution in [-0.2, 0) is 17.3 Å². The summed E-state index contributed by atoms with van der Waals surface area (Å²) >= 11 is 0. The van der Waals surface area contributed by atoms with Gasteiger partial charge in [0.1, 0.15) is 0 Å². The van der Waals surface area contributed by atoms with Gasteiger partial charge in [-0.05, 0) is 19.3 Å². The molecule has 5 heteroatoms. The van der Waals surface area contributed by atoms with Crippen molar-refractivity contribution >= 4 is 5.91 Å². The monoisotopic (exact) mass is 290 g/mol. The number of aryl methyl sites for hydroxylation is 1. The molecule has 0 aromatic carbocycles. The van der Waals surface area contributed by atoms with Gasteiger partial charge in [0, 0.05) is 42.7 Å². The first-order valence-electron chi connectivity index (χ1n) is 7.90. The molecule has 1 saturated heterocycles. The van der Waals surface area contributed by atoms with Crippen molar-refractivity contribution < 1.29 is 4.79 Å². The third-order valence-corrected chi connectivity index (χ3v) is 4.51. The lowest BCUT2D eigenvalue weighted by atomic mass is 9.83. The van der Waals surface area contributed by atoms with Crippen LogP contribution in [0.4, 0.5) is 0 Å². The molecule has 21 heavy (non-hydrogen) atoms. The summed E-state index contributed by atoms with van der Waals surface area (Å²) in [5.41, 5.74) is 8.57. The standard InChI is InChI=1S/C16H26N4O/c1-16(2,3)15-11(9-19(4)18-15)14-12(17)7-8-13(21)20(14)10-5-6-10/h9-10,12,14H,5-8,17H2,1-4H3. The van der Waals surface area contributed by atoms with Crippen LogP contribution in [-0.4, -0.2) is 32.7 Å². The van der Waals surface area contributed by atoms with E-state index in [1.165, 1.54) is 0 Å². The van der Waals surface area contributed by atoms with Crippen molar-refractivity contribution in [2.24, 2.45) is 12.8 Å². The Labute approximate surface area is 126 Å². The summed E-state index contributed by atoms with van der Waals surface area (Å²) in [6.45, 7) is 6.49. The molecule has 0 spiro atoms. The number of carbonyl (C=O) groups is 1. The Morgan fingerprint density at radius 3 is 2.52 bits per heavy atom. The van der Waals surface area contributed by atoms with Crippen LogP contribution in [0, 0.1) is 0 Å². The molecular formula is C16H26N4O. The van der Waals surface area contributed by atoms with Gasteiger partial charge in [-0.25, -0.2) is 0 Å². The molecule has 1 amide bonds. The van der Waals surface area contributed by atoms with Gasteiger partial charge in [-0.1, -0.05) is 20.8 Å². The lowest BCUT2D eigenvalue weighted by Crippen LogP contribution is -2.50. The van der Waals surface area contributed by atoms with Crippen LogP contribution in [0.5, 0.6) is 0 Å². The molecule has 2 unspecified atom stereocenters. The molecule has 2 atom stereocenters. The predicted molar refractivity (Wildman–Crippen MR) is 81.7 cm³/mol. The average molecular weight is 290 g/mol. The highest BCUT2D eigenvalue weighted by molar-refractivity contribution is 5.78. The molecule has 5 nitrogen and oxygen atoms in total. The van der Waals surface area contributed by atoms with Crippen molar-refractivity contribution in [2.75, 3.05) is 0 Å². The molecule has 3 rings (SSSR count).